The van der Waals surface area contributed by atoms with Gasteiger partial charge in [0, 0.05) is 0 Å². The lowest BCUT2D eigenvalue weighted by molar-refractivity contribution is 0.793. The first-order valence-electron chi connectivity index (χ1n) is 6.92. The van der Waals surface area contributed by atoms with Crippen LogP contribution in [0.2, 0.25) is 0 Å². The summed E-state index contributed by atoms with van der Waals surface area (Å²) in [5.41, 5.74) is 0.934. The molecule has 22 heavy (non-hydrogen) atoms. The third-order valence-electron chi connectivity index (χ3n) is 3.58. The smallest absolute Gasteiger partial charge is 0.276 e. The highest BCUT2D eigenvalue weighted by Gasteiger charge is 2.16. The van der Waals surface area contributed by atoms with Gasteiger partial charge in [0.25, 0.3) is 0 Å². The molecule has 2 aromatic heterocycles. The lowest BCUT2D eigenvalue weighted by Crippen LogP contribution is -2.38. The van der Waals surface area contributed by atoms with E-state index in [0.29, 0.717) is 17.1 Å². The Balaban J connectivity index is 2.13. The third-order valence-corrected chi connectivity index (χ3v) is 3.58. The number of benzene rings is 1. The Hall–Kier alpha value is -3.15. The standard InChI is InChI=1S/C16H12N4O2/c21-15-18-14-17-12-9-5-2-6-10-13(12)20(14)16(22)19(15)11-7-3-1-4-8-11/h1,3-10H,2H2,(H,17,18,21). The van der Waals surface area contributed by atoms with Crippen LogP contribution >= 0.6 is 0 Å². The maximum atomic E-state index is 12.8. The van der Waals surface area contributed by atoms with Crippen molar-refractivity contribution in [2.45, 2.75) is 6.42 Å². The number of para-hydroxylation sites is 1. The van der Waals surface area contributed by atoms with Crippen LogP contribution in [0.4, 0.5) is 0 Å². The molecule has 0 atom stereocenters. The molecule has 0 unspecified atom stereocenters. The number of hydrogen-bond acceptors (Lipinski definition) is 3. The molecule has 108 valence electrons. The van der Waals surface area contributed by atoms with Gasteiger partial charge in [-0.2, -0.15) is 0 Å². The second-order valence-corrected chi connectivity index (χ2v) is 4.97. The minimum Gasteiger partial charge on any atom is -0.276 e. The number of hydrogen-bond donors (Lipinski definition) is 1. The summed E-state index contributed by atoms with van der Waals surface area (Å²) < 4.78 is 2.54. The molecule has 1 aromatic carbocycles. The molecule has 0 bridgehead atoms. The number of H-pyrrole nitrogens is 1. The summed E-state index contributed by atoms with van der Waals surface area (Å²) >= 11 is 0. The van der Waals surface area contributed by atoms with Crippen molar-refractivity contribution in [3.05, 3.63) is 74.8 Å². The molecule has 0 saturated heterocycles. The molecular formula is C16H12N4O2. The van der Waals surface area contributed by atoms with Gasteiger partial charge in [-0.1, -0.05) is 30.4 Å². The van der Waals surface area contributed by atoms with Crippen LogP contribution in [0.3, 0.4) is 0 Å². The Labute approximate surface area is 124 Å². The van der Waals surface area contributed by atoms with Crippen molar-refractivity contribution in [1.29, 1.82) is 0 Å². The summed E-state index contributed by atoms with van der Waals surface area (Å²) in [6.07, 6.45) is 8.41. The Morgan fingerprint density at radius 2 is 1.82 bits per heavy atom. The van der Waals surface area contributed by atoms with E-state index in [2.05, 4.69) is 9.97 Å². The Kier molecular flexibility index (Phi) is 2.69. The van der Waals surface area contributed by atoms with Crippen LogP contribution in [0.1, 0.15) is 17.8 Å². The summed E-state index contributed by atoms with van der Waals surface area (Å²) in [5.74, 6) is 0.253. The molecule has 1 N–H and O–H groups in total. The maximum absolute atomic E-state index is 12.8. The van der Waals surface area contributed by atoms with Crippen LogP contribution in [0.15, 0.2) is 52.1 Å². The van der Waals surface area contributed by atoms with Gasteiger partial charge >= 0.3 is 11.4 Å². The average molecular weight is 292 g/mol. The van der Waals surface area contributed by atoms with Crippen LogP contribution < -0.4 is 11.4 Å². The Bertz CT molecular complexity index is 1040. The molecule has 0 fully saturated rings. The molecule has 0 radical (unpaired) electrons. The predicted octanol–water partition coefficient (Wildman–Crippen LogP) is 1.60. The first-order chi connectivity index (χ1) is 10.8. The number of imidazole rings is 1. The monoisotopic (exact) mass is 292 g/mol. The molecular weight excluding hydrogens is 280 g/mol. The van der Waals surface area contributed by atoms with E-state index in [0.717, 1.165) is 11.0 Å². The minimum absolute atomic E-state index is 0.253. The average Bonchev–Trinajstić information content (AvgIpc) is 2.70. The summed E-state index contributed by atoms with van der Waals surface area (Å²) in [7, 11) is 0. The molecule has 0 saturated carbocycles. The fraction of sp³-hybridized carbons (Fsp3) is 0.0625. The maximum Gasteiger partial charge on any atom is 0.344 e. The second kappa shape index (κ2) is 4.70. The first-order valence-corrected chi connectivity index (χ1v) is 6.92. The highest BCUT2D eigenvalue weighted by Crippen LogP contribution is 2.16. The van der Waals surface area contributed by atoms with E-state index in [1.165, 1.54) is 4.40 Å². The molecule has 3 aromatic rings. The van der Waals surface area contributed by atoms with Gasteiger partial charge in [-0.25, -0.2) is 23.5 Å². The van der Waals surface area contributed by atoms with Crippen molar-refractivity contribution in [3.63, 3.8) is 0 Å². The van der Waals surface area contributed by atoms with Crippen LogP contribution in [0, 0.1) is 0 Å². The number of aromatic amines is 1. The van der Waals surface area contributed by atoms with Crippen LogP contribution in [0.25, 0.3) is 23.6 Å². The molecule has 2 heterocycles. The zero-order valence-electron chi connectivity index (χ0n) is 11.6. The van der Waals surface area contributed by atoms with Gasteiger partial charge < -0.3 is 0 Å². The number of fused-ring (bicyclic) bond motifs is 3. The van der Waals surface area contributed by atoms with E-state index in [1.54, 1.807) is 24.3 Å². The van der Waals surface area contributed by atoms with Gasteiger partial charge in [-0.3, -0.25) is 4.98 Å². The van der Waals surface area contributed by atoms with Crippen molar-refractivity contribution in [2.24, 2.45) is 0 Å². The van der Waals surface area contributed by atoms with Gasteiger partial charge in [0.05, 0.1) is 17.1 Å². The number of allylic oxidation sites excluding steroid dienone is 2. The number of rotatable bonds is 1. The Morgan fingerprint density at radius 3 is 2.64 bits per heavy atom. The molecule has 6 heteroatoms. The predicted molar refractivity (Wildman–Crippen MR) is 84.1 cm³/mol. The van der Waals surface area contributed by atoms with Crippen molar-refractivity contribution in [1.82, 2.24) is 18.9 Å². The minimum atomic E-state index is -0.503. The van der Waals surface area contributed by atoms with Gasteiger partial charge in [0.1, 0.15) is 0 Å². The quantitative estimate of drug-likeness (QED) is 0.740. The van der Waals surface area contributed by atoms with Gasteiger partial charge in [0.15, 0.2) is 0 Å². The number of nitrogens with zero attached hydrogens (tertiary/aromatic N) is 3. The largest absolute Gasteiger partial charge is 0.344 e. The fourth-order valence-electron chi connectivity index (χ4n) is 2.59. The van der Waals surface area contributed by atoms with Crippen molar-refractivity contribution in [2.75, 3.05) is 0 Å². The van der Waals surface area contributed by atoms with E-state index in [1.807, 2.05) is 30.4 Å². The van der Waals surface area contributed by atoms with Crippen molar-refractivity contribution < 1.29 is 0 Å². The summed E-state index contributed by atoms with van der Waals surface area (Å²) in [6, 6.07) is 8.82. The van der Waals surface area contributed by atoms with E-state index in [4.69, 9.17) is 0 Å². The summed E-state index contributed by atoms with van der Waals surface area (Å²) in [4.78, 5) is 32.0. The van der Waals surface area contributed by atoms with Gasteiger partial charge in [0.2, 0.25) is 5.78 Å². The number of nitrogens with one attached hydrogen (secondary N) is 1. The van der Waals surface area contributed by atoms with E-state index in [-0.39, 0.29) is 5.78 Å². The second-order valence-electron chi connectivity index (χ2n) is 4.97. The molecule has 0 spiro atoms. The molecule has 0 amide bonds. The summed E-state index contributed by atoms with van der Waals surface area (Å²) in [6.45, 7) is 0. The zero-order valence-corrected chi connectivity index (χ0v) is 11.6. The van der Waals surface area contributed by atoms with Crippen molar-refractivity contribution in [3.8, 4) is 5.69 Å². The van der Waals surface area contributed by atoms with Crippen LogP contribution in [0.5, 0.6) is 0 Å². The molecule has 6 nitrogen and oxygen atoms in total. The van der Waals surface area contributed by atoms with Crippen molar-refractivity contribution >= 4 is 17.9 Å². The van der Waals surface area contributed by atoms with E-state index in [9.17, 15) is 9.59 Å². The van der Waals surface area contributed by atoms with Crippen LogP contribution in [-0.2, 0) is 0 Å². The third kappa shape index (κ3) is 1.77. The zero-order chi connectivity index (χ0) is 15.1. The van der Waals surface area contributed by atoms with Gasteiger partial charge in [-0.05, 0) is 30.7 Å². The lowest BCUT2D eigenvalue weighted by atomic mass is 10.3. The molecule has 0 aliphatic heterocycles. The normalized spacial score (nSPS) is 13.3. The lowest BCUT2D eigenvalue weighted by Gasteiger charge is -2.05. The van der Waals surface area contributed by atoms with Gasteiger partial charge in [-0.15, -0.1) is 0 Å². The van der Waals surface area contributed by atoms with Crippen LogP contribution in [-0.4, -0.2) is 18.9 Å². The molecule has 1 aliphatic carbocycles. The summed E-state index contributed by atoms with van der Waals surface area (Å²) in [5, 5.41) is 0. The highest BCUT2D eigenvalue weighted by atomic mass is 16.2. The molecule has 1 aliphatic rings. The van der Waals surface area contributed by atoms with E-state index >= 15 is 0 Å². The van der Waals surface area contributed by atoms with E-state index < -0.39 is 11.4 Å². The number of aromatic nitrogens is 4. The highest BCUT2D eigenvalue weighted by molar-refractivity contribution is 5.65. The first kappa shape index (κ1) is 12.6. The topological polar surface area (TPSA) is 72.2 Å². The molecule has 4 rings (SSSR count). The fourth-order valence-corrected chi connectivity index (χ4v) is 2.59. The SMILES string of the molecule is O=c1[nH]c2nc3c(n2c(=O)n1-c1ccccc1)C=CCC=C3. The Morgan fingerprint density at radius 1 is 1.05 bits per heavy atom.